The molecule has 1 aromatic rings. The van der Waals surface area contributed by atoms with Crippen molar-refractivity contribution in [2.45, 2.75) is 46.1 Å². The van der Waals surface area contributed by atoms with Crippen LogP contribution >= 0.6 is 0 Å². The van der Waals surface area contributed by atoms with Crippen LogP contribution in [0.5, 0.6) is 0 Å². The van der Waals surface area contributed by atoms with Crippen LogP contribution in [0.2, 0.25) is 0 Å². The second kappa shape index (κ2) is 8.95. The van der Waals surface area contributed by atoms with Crippen molar-refractivity contribution in [3.8, 4) is 0 Å². The second-order valence-corrected chi connectivity index (χ2v) is 8.70. The summed E-state index contributed by atoms with van der Waals surface area (Å²) >= 11 is 0. The first kappa shape index (κ1) is 22.0. The van der Waals surface area contributed by atoms with E-state index in [2.05, 4.69) is 5.32 Å². The molecule has 1 aromatic carbocycles. The average Bonchev–Trinajstić information content (AvgIpc) is 2.67. The van der Waals surface area contributed by atoms with Crippen LogP contribution in [0.3, 0.4) is 0 Å². The van der Waals surface area contributed by atoms with Crippen LogP contribution in [0.25, 0.3) is 0 Å². The first-order valence-corrected chi connectivity index (χ1v) is 10.0. The van der Waals surface area contributed by atoms with Gasteiger partial charge < -0.3 is 29.5 Å². The summed E-state index contributed by atoms with van der Waals surface area (Å²) in [5, 5.41) is 11.8. The van der Waals surface area contributed by atoms with Gasteiger partial charge in [0.1, 0.15) is 5.82 Å². The Hall–Kier alpha value is -1.74. The van der Waals surface area contributed by atoms with E-state index in [9.17, 15) is 9.90 Å². The molecule has 2 saturated heterocycles. The van der Waals surface area contributed by atoms with E-state index in [1.165, 1.54) is 6.07 Å². The number of aliphatic hydroxyl groups excluding tert-OH is 1. The van der Waals surface area contributed by atoms with E-state index in [1.807, 2.05) is 25.7 Å². The van der Waals surface area contributed by atoms with E-state index in [0.29, 0.717) is 44.2 Å². The van der Waals surface area contributed by atoms with E-state index in [1.54, 1.807) is 13.0 Å². The number of carbonyl (C=O) groups excluding carboxylic acids is 1. The Morgan fingerprint density at radius 1 is 1.34 bits per heavy atom. The zero-order valence-electron chi connectivity index (χ0n) is 17.5. The number of aliphatic hydroxyl groups is 1. The van der Waals surface area contributed by atoms with E-state index >= 15 is 4.39 Å². The molecule has 0 radical (unpaired) electrons. The number of nitrogens with one attached hydrogen (secondary N) is 1. The van der Waals surface area contributed by atoms with Crippen molar-refractivity contribution >= 4 is 11.6 Å². The summed E-state index contributed by atoms with van der Waals surface area (Å²) < 4.78 is 32.7. The molecule has 0 bridgehead atoms. The molecule has 0 spiro atoms. The number of benzene rings is 1. The minimum absolute atomic E-state index is 0.0310. The van der Waals surface area contributed by atoms with Gasteiger partial charge in [-0.05, 0) is 26.0 Å². The fraction of sp³-hybridized carbons (Fsp3) is 0.667. The standard InChI is InChI=1S/C21H31FN2O5/c1-13(10-25)23-19(26)15-7-16(20-28-11-21(3,4)12-29-20)18(17(22)8-15)24-5-6-27-14(2)9-24/h7-8,13-14,20,25H,5-6,9-12H2,1-4H3,(H,23,26)/t13?,14-/m1/s1. The van der Waals surface area contributed by atoms with Gasteiger partial charge in [0.15, 0.2) is 6.29 Å². The van der Waals surface area contributed by atoms with Gasteiger partial charge >= 0.3 is 0 Å². The molecule has 1 amide bonds. The van der Waals surface area contributed by atoms with Gasteiger partial charge in [-0.1, -0.05) is 13.8 Å². The van der Waals surface area contributed by atoms with Gasteiger partial charge in [-0.2, -0.15) is 0 Å². The van der Waals surface area contributed by atoms with E-state index in [-0.39, 0.29) is 23.7 Å². The van der Waals surface area contributed by atoms with Crippen molar-refractivity contribution in [1.82, 2.24) is 5.32 Å². The number of hydrogen-bond donors (Lipinski definition) is 2. The highest BCUT2D eigenvalue weighted by atomic mass is 19.1. The molecular formula is C21H31FN2O5. The third-order valence-electron chi connectivity index (χ3n) is 5.07. The lowest BCUT2D eigenvalue weighted by atomic mass is 9.95. The minimum Gasteiger partial charge on any atom is -0.394 e. The van der Waals surface area contributed by atoms with Crippen molar-refractivity contribution < 1.29 is 28.5 Å². The van der Waals surface area contributed by atoms with Crippen LogP contribution in [-0.4, -0.2) is 62.7 Å². The molecular weight excluding hydrogens is 379 g/mol. The van der Waals surface area contributed by atoms with Gasteiger partial charge in [-0.15, -0.1) is 0 Å². The molecule has 1 unspecified atom stereocenters. The highest BCUT2D eigenvalue weighted by molar-refractivity contribution is 5.95. The second-order valence-electron chi connectivity index (χ2n) is 8.70. The van der Waals surface area contributed by atoms with Crippen molar-refractivity contribution in [2.75, 3.05) is 44.4 Å². The Bertz CT molecular complexity index is 732. The van der Waals surface area contributed by atoms with Crippen LogP contribution in [0.4, 0.5) is 10.1 Å². The number of carbonyl (C=O) groups is 1. The summed E-state index contributed by atoms with van der Waals surface area (Å²) in [6, 6.07) is 2.42. The number of anilines is 1. The van der Waals surface area contributed by atoms with Crippen molar-refractivity contribution in [3.05, 3.63) is 29.1 Å². The lowest BCUT2D eigenvalue weighted by Gasteiger charge is -2.38. The summed E-state index contributed by atoms with van der Waals surface area (Å²) in [5.41, 5.74) is 0.918. The summed E-state index contributed by atoms with van der Waals surface area (Å²) in [4.78, 5) is 14.5. The van der Waals surface area contributed by atoms with Crippen molar-refractivity contribution in [1.29, 1.82) is 0 Å². The van der Waals surface area contributed by atoms with Gasteiger partial charge in [0.2, 0.25) is 0 Å². The zero-order valence-corrected chi connectivity index (χ0v) is 17.5. The molecule has 0 saturated carbocycles. The molecule has 2 atom stereocenters. The molecule has 7 nitrogen and oxygen atoms in total. The third kappa shape index (κ3) is 5.25. The fourth-order valence-corrected chi connectivity index (χ4v) is 3.51. The van der Waals surface area contributed by atoms with Crippen molar-refractivity contribution in [2.24, 2.45) is 5.41 Å². The number of ether oxygens (including phenoxy) is 3. The first-order valence-electron chi connectivity index (χ1n) is 10.0. The summed E-state index contributed by atoms with van der Waals surface area (Å²) in [6.07, 6.45) is -0.787. The molecule has 8 heteroatoms. The first-order chi connectivity index (χ1) is 13.7. The van der Waals surface area contributed by atoms with E-state index in [4.69, 9.17) is 14.2 Å². The third-order valence-corrected chi connectivity index (χ3v) is 5.07. The molecule has 29 heavy (non-hydrogen) atoms. The lowest BCUT2D eigenvalue weighted by molar-refractivity contribution is -0.226. The Kier molecular flexibility index (Phi) is 6.78. The predicted molar refractivity (Wildman–Crippen MR) is 106 cm³/mol. The number of morpholine rings is 1. The summed E-state index contributed by atoms with van der Waals surface area (Å²) in [6.45, 7) is 10.0. The van der Waals surface area contributed by atoms with Gasteiger partial charge in [0.05, 0.1) is 38.2 Å². The number of nitrogens with zero attached hydrogens (tertiary/aromatic N) is 1. The highest BCUT2D eigenvalue weighted by Gasteiger charge is 2.34. The maximum absolute atomic E-state index is 15.3. The molecule has 2 N–H and O–H groups in total. The molecule has 2 heterocycles. The van der Waals surface area contributed by atoms with Crippen molar-refractivity contribution in [3.63, 3.8) is 0 Å². The van der Waals surface area contributed by atoms with E-state index in [0.717, 1.165) is 0 Å². The Morgan fingerprint density at radius 2 is 2.03 bits per heavy atom. The molecule has 2 aliphatic rings. The Morgan fingerprint density at radius 3 is 2.66 bits per heavy atom. The number of rotatable bonds is 5. The zero-order chi connectivity index (χ0) is 21.2. The topological polar surface area (TPSA) is 80.3 Å². The number of halogens is 1. The Balaban J connectivity index is 1.97. The van der Waals surface area contributed by atoms with Crippen LogP contribution in [0.1, 0.15) is 49.9 Å². The smallest absolute Gasteiger partial charge is 0.251 e. The number of hydrogen-bond acceptors (Lipinski definition) is 6. The fourth-order valence-electron chi connectivity index (χ4n) is 3.51. The summed E-state index contributed by atoms with van der Waals surface area (Å²) in [5.74, 6) is -0.958. The molecule has 0 aromatic heterocycles. The largest absolute Gasteiger partial charge is 0.394 e. The minimum atomic E-state index is -0.756. The van der Waals surface area contributed by atoms with Gasteiger partial charge in [-0.25, -0.2) is 4.39 Å². The average molecular weight is 410 g/mol. The van der Waals surface area contributed by atoms with Gasteiger partial charge in [0, 0.05) is 35.7 Å². The van der Waals surface area contributed by atoms with Gasteiger partial charge in [0.25, 0.3) is 5.91 Å². The lowest BCUT2D eigenvalue weighted by Crippen LogP contribution is -2.43. The normalized spacial score (nSPS) is 23.7. The Labute approximate surface area is 171 Å². The molecule has 3 rings (SSSR count). The monoisotopic (exact) mass is 410 g/mol. The van der Waals surface area contributed by atoms with Crippen LogP contribution in [0.15, 0.2) is 12.1 Å². The quantitative estimate of drug-likeness (QED) is 0.775. The molecule has 2 aliphatic heterocycles. The van der Waals surface area contributed by atoms with E-state index < -0.39 is 24.1 Å². The highest BCUT2D eigenvalue weighted by Crippen LogP contribution is 2.38. The van der Waals surface area contributed by atoms with Gasteiger partial charge in [-0.3, -0.25) is 4.79 Å². The summed E-state index contributed by atoms with van der Waals surface area (Å²) in [7, 11) is 0. The molecule has 2 fully saturated rings. The van der Waals surface area contributed by atoms with Crippen LogP contribution in [0, 0.1) is 11.2 Å². The van der Waals surface area contributed by atoms with Crippen LogP contribution in [-0.2, 0) is 14.2 Å². The van der Waals surface area contributed by atoms with Crippen LogP contribution < -0.4 is 10.2 Å². The maximum atomic E-state index is 15.3. The predicted octanol–water partition coefficient (Wildman–Crippen LogP) is 2.23. The number of amides is 1. The molecule has 0 aliphatic carbocycles. The maximum Gasteiger partial charge on any atom is 0.251 e. The SMILES string of the molecule is CC(CO)NC(=O)c1cc(F)c(N2CCO[C@H](C)C2)c(C2OCC(C)(C)CO2)c1. The molecule has 162 valence electrons.